The molecule has 4 heterocycles. The van der Waals surface area contributed by atoms with Crippen molar-refractivity contribution in [1.29, 1.82) is 0 Å². The second-order valence-electron chi connectivity index (χ2n) is 12.3. The second kappa shape index (κ2) is 11.9. The minimum Gasteiger partial charge on any atom is -0.464 e. The molecule has 0 aliphatic carbocycles. The van der Waals surface area contributed by atoms with E-state index in [2.05, 4.69) is 13.2 Å². The molecule has 2 aromatic heterocycles. The molecule has 0 bridgehead atoms. The van der Waals surface area contributed by atoms with Crippen molar-refractivity contribution >= 4 is 23.7 Å². The molecule has 2 atom stereocenters. The zero-order valence-corrected chi connectivity index (χ0v) is 28.0. The molecule has 0 fully saturated rings. The van der Waals surface area contributed by atoms with E-state index >= 15 is 0 Å². The van der Waals surface area contributed by atoms with Crippen molar-refractivity contribution in [1.82, 2.24) is 0 Å². The van der Waals surface area contributed by atoms with Crippen LogP contribution in [0.4, 0.5) is 0 Å². The number of hydrogen-bond donors (Lipinski definition) is 0. The summed E-state index contributed by atoms with van der Waals surface area (Å²) >= 11 is 1.59. The number of benzene rings is 4. The summed E-state index contributed by atoms with van der Waals surface area (Å²) in [5, 5.41) is 0. The summed E-state index contributed by atoms with van der Waals surface area (Å²) in [6.07, 6.45) is 3.12. The number of carbonyl (C=O) groups is 2. The van der Waals surface area contributed by atoms with Gasteiger partial charge in [0.15, 0.2) is 11.5 Å². The maximum absolute atomic E-state index is 13.4. The third-order valence-corrected chi connectivity index (χ3v) is 10.1. The highest BCUT2D eigenvalue weighted by Crippen LogP contribution is 2.56. The van der Waals surface area contributed by atoms with Crippen LogP contribution in [0.1, 0.15) is 47.6 Å². The van der Waals surface area contributed by atoms with Gasteiger partial charge in [-0.25, -0.2) is 9.59 Å². The molecule has 246 valence electrons. The highest BCUT2D eigenvalue weighted by Gasteiger charge is 2.51. The molecule has 0 saturated heterocycles. The summed E-state index contributed by atoms with van der Waals surface area (Å²) in [4.78, 5) is 28.7. The Balaban J connectivity index is 1.36. The minimum atomic E-state index is -1.49. The number of furan rings is 2. The number of ether oxygens (including phenoxy) is 3. The topological polar surface area (TPSA) is 88.1 Å². The molecule has 6 aromatic rings. The van der Waals surface area contributed by atoms with Crippen LogP contribution >= 0.6 is 11.8 Å². The summed E-state index contributed by atoms with van der Waals surface area (Å²) in [6, 6.07) is 34.2. The molecule has 8 heteroatoms. The second-order valence-corrected chi connectivity index (χ2v) is 13.4. The van der Waals surface area contributed by atoms with E-state index in [0.717, 1.165) is 32.0 Å². The number of esters is 2. The van der Waals surface area contributed by atoms with Crippen molar-refractivity contribution in [2.45, 2.75) is 34.8 Å². The Bertz CT molecular complexity index is 2170. The van der Waals surface area contributed by atoms with E-state index in [1.54, 1.807) is 56.3 Å². The Morgan fingerprint density at radius 3 is 1.72 bits per heavy atom. The third-order valence-electron chi connectivity index (χ3n) is 8.95. The largest absolute Gasteiger partial charge is 0.464 e. The fraction of sp³-hybridized carbons (Fsp3) is 0.0952. The van der Waals surface area contributed by atoms with Crippen LogP contribution in [0.25, 0.3) is 11.1 Å². The molecule has 50 heavy (non-hydrogen) atoms. The lowest BCUT2D eigenvalue weighted by Gasteiger charge is -2.39. The van der Waals surface area contributed by atoms with Gasteiger partial charge in [-0.05, 0) is 85.6 Å². The predicted molar refractivity (Wildman–Crippen MR) is 188 cm³/mol. The third kappa shape index (κ3) is 4.75. The van der Waals surface area contributed by atoms with Gasteiger partial charge in [-0.15, -0.1) is 0 Å². The van der Waals surface area contributed by atoms with E-state index in [-0.39, 0.29) is 11.1 Å². The molecular weight excluding hydrogens is 649 g/mol. The van der Waals surface area contributed by atoms with Crippen molar-refractivity contribution in [3.8, 4) is 22.6 Å². The molecule has 0 N–H and O–H groups in total. The van der Waals surface area contributed by atoms with Crippen LogP contribution in [0.2, 0.25) is 0 Å². The summed E-state index contributed by atoms with van der Waals surface area (Å²) in [6.45, 7) is 10.9. The van der Waals surface area contributed by atoms with Gasteiger partial charge >= 0.3 is 11.9 Å². The lowest BCUT2D eigenvalue weighted by molar-refractivity contribution is -0.151. The Morgan fingerprint density at radius 2 is 1.10 bits per heavy atom. The van der Waals surface area contributed by atoms with Gasteiger partial charge in [0.05, 0.1) is 23.7 Å². The van der Waals surface area contributed by atoms with Gasteiger partial charge in [-0.2, -0.15) is 0 Å². The number of carbonyl (C=O) groups excluding carboxylic acids is 2. The number of fused-ring (bicyclic) bond motifs is 4. The quantitative estimate of drug-likeness (QED) is 0.122. The van der Waals surface area contributed by atoms with Gasteiger partial charge in [0, 0.05) is 32.1 Å². The summed E-state index contributed by atoms with van der Waals surface area (Å²) in [7, 11) is 0. The zero-order valence-electron chi connectivity index (χ0n) is 27.2. The van der Waals surface area contributed by atoms with Crippen LogP contribution in [0.15, 0.2) is 165 Å². The van der Waals surface area contributed by atoms with Gasteiger partial charge in [-0.1, -0.05) is 73.5 Å². The molecule has 0 saturated carbocycles. The molecule has 0 radical (unpaired) electrons. The molecule has 7 nitrogen and oxygen atoms in total. The molecule has 2 aliphatic rings. The standard InChI is InChI=1S/C42H30O7S/c1-25(2)39(43)48-41(37-15-9-21-45-37)29-11-5-7-13-33(29)47-34-19-17-27(23-31(34)41)28-18-20-36-32(24-28)42(38-16-10-22-46-38,49-40(44)26(3)4)30-12-6-8-14-35(30)50-36/h5-24H,1,3H2,2,4H3. The molecule has 8 rings (SSSR count). The van der Waals surface area contributed by atoms with E-state index in [1.165, 1.54) is 0 Å². The van der Waals surface area contributed by atoms with E-state index in [0.29, 0.717) is 34.1 Å². The summed E-state index contributed by atoms with van der Waals surface area (Å²) in [5.74, 6) is 0.764. The van der Waals surface area contributed by atoms with E-state index < -0.39 is 23.1 Å². The summed E-state index contributed by atoms with van der Waals surface area (Å²) in [5.41, 5.74) is 1.90. The Labute approximate surface area is 292 Å². The molecule has 0 amide bonds. The maximum atomic E-state index is 13.4. The first-order chi connectivity index (χ1) is 24.2. The predicted octanol–water partition coefficient (Wildman–Crippen LogP) is 9.93. The normalized spacial score (nSPS) is 18.4. The van der Waals surface area contributed by atoms with E-state index in [1.807, 2.05) is 91.0 Å². The van der Waals surface area contributed by atoms with Crippen molar-refractivity contribution in [3.05, 3.63) is 180 Å². The summed E-state index contributed by atoms with van der Waals surface area (Å²) < 4.78 is 31.3. The molecule has 0 spiro atoms. The molecule has 2 aliphatic heterocycles. The Kier molecular flexibility index (Phi) is 7.42. The smallest absolute Gasteiger partial charge is 0.334 e. The zero-order chi connectivity index (χ0) is 34.6. The molecule has 2 unspecified atom stereocenters. The SMILES string of the molecule is C=C(C)C(=O)OC1(c2ccco2)c2ccccc2Oc2ccc(-c3ccc4c(c3)C(OC(=O)C(=C)C)(c3ccco3)c3ccccc3S4)cc21. The molecule has 4 aromatic carbocycles. The van der Waals surface area contributed by atoms with Gasteiger partial charge in [-0.3, -0.25) is 0 Å². The average Bonchev–Trinajstić information content (AvgIpc) is 3.87. The van der Waals surface area contributed by atoms with Gasteiger partial charge in [0.1, 0.15) is 11.5 Å². The number of rotatable bonds is 7. The van der Waals surface area contributed by atoms with Crippen molar-refractivity contribution in [3.63, 3.8) is 0 Å². The minimum absolute atomic E-state index is 0.239. The highest BCUT2D eigenvalue weighted by atomic mass is 32.2. The van der Waals surface area contributed by atoms with Crippen molar-refractivity contribution < 1.29 is 32.6 Å². The van der Waals surface area contributed by atoms with Gasteiger partial charge < -0.3 is 23.0 Å². The lowest BCUT2D eigenvalue weighted by Crippen LogP contribution is -2.38. The highest BCUT2D eigenvalue weighted by molar-refractivity contribution is 7.99. The lowest BCUT2D eigenvalue weighted by atomic mass is 9.79. The van der Waals surface area contributed by atoms with Crippen molar-refractivity contribution in [2.24, 2.45) is 0 Å². The van der Waals surface area contributed by atoms with Crippen LogP contribution < -0.4 is 4.74 Å². The fourth-order valence-electron chi connectivity index (χ4n) is 6.63. The van der Waals surface area contributed by atoms with Gasteiger partial charge in [0.25, 0.3) is 0 Å². The fourth-order valence-corrected chi connectivity index (χ4v) is 7.78. The Morgan fingerprint density at radius 1 is 0.580 bits per heavy atom. The number of para-hydroxylation sites is 1. The maximum Gasteiger partial charge on any atom is 0.334 e. The first kappa shape index (κ1) is 31.3. The first-order valence-electron chi connectivity index (χ1n) is 15.9. The van der Waals surface area contributed by atoms with Crippen LogP contribution in [0.5, 0.6) is 11.5 Å². The first-order valence-corrected chi connectivity index (χ1v) is 16.7. The van der Waals surface area contributed by atoms with Crippen LogP contribution in [-0.2, 0) is 30.3 Å². The number of hydrogen-bond acceptors (Lipinski definition) is 8. The van der Waals surface area contributed by atoms with Gasteiger partial charge in [0.2, 0.25) is 11.2 Å². The van der Waals surface area contributed by atoms with Crippen LogP contribution in [0, 0.1) is 0 Å². The molecular formula is C42H30O7S. The van der Waals surface area contributed by atoms with E-state index in [9.17, 15) is 9.59 Å². The van der Waals surface area contributed by atoms with E-state index in [4.69, 9.17) is 23.0 Å². The van der Waals surface area contributed by atoms with Crippen molar-refractivity contribution in [2.75, 3.05) is 0 Å². The average molecular weight is 679 g/mol. The van der Waals surface area contributed by atoms with Crippen LogP contribution in [0.3, 0.4) is 0 Å². The monoisotopic (exact) mass is 678 g/mol. The van der Waals surface area contributed by atoms with Crippen LogP contribution in [-0.4, -0.2) is 11.9 Å². The Hall–Kier alpha value is -5.99.